The standard InChI is InChI=1S/C25H29N9O2/c1-27-24-21(18-12-28-13-19-20(18)29-14-34(19)3)31-22(23(26)35)25(32-24)30-15-4-6-16(7-5-15)36-17-8-10-33(2)11-9-17/h4-7,12-14,17H,8-11H2,1-3H3,(H2,26,35)(H2,27,30,32). The molecule has 11 heteroatoms. The molecule has 1 saturated heterocycles. The Bertz CT molecular complexity index is 1390. The van der Waals surface area contributed by atoms with Gasteiger partial charge < -0.3 is 30.6 Å². The predicted molar refractivity (Wildman–Crippen MR) is 138 cm³/mol. The van der Waals surface area contributed by atoms with E-state index in [1.54, 1.807) is 25.8 Å². The average Bonchev–Trinajstić information content (AvgIpc) is 3.27. The van der Waals surface area contributed by atoms with Gasteiger partial charge in [-0.2, -0.15) is 0 Å². The minimum atomic E-state index is -0.697. The van der Waals surface area contributed by atoms with Crippen molar-refractivity contribution in [1.29, 1.82) is 0 Å². The van der Waals surface area contributed by atoms with Crippen LogP contribution >= 0.6 is 0 Å². The van der Waals surface area contributed by atoms with Crippen molar-refractivity contribution in [3.8, 4) is 17.0 Å². The molecular formula is C25H29N9O2. The Balaban J connectivity index is 1.43. The van der Waals surface area contributed by atoms with Gasteiger partial charge >= 0.3 is 0 Å². The number of hydrogen-bond acceptors (Lipinski definition) is 9. The van der Waals surface area contributed by atoms with Gasteiger partial charge in [-0.1, -0.05) is 0 Å². The van der Waals surface area contributed by atoms with Gasteiger partial charge in [-0.15, -0.1) is 0 Å². The zero-order chi connectivity index (χ0) is 25.2. The molecule has 1 amide bonds. The fourth-order valence-corrected chi connectivity index (χ4v) is 4.32. The van der Waals surface area contributed by atoms with Crippen LogP contribution in [0.4, 0.5) is 17.3 Å². The lowest BCUT2D eigenvalue weighted by Gasteiger charge is -2.29. The van der Waals surface area contributed by atoms with Crippen molar-refractivity contribution >= 4 is 34.3 Å². The van der Waals surface area contributed by atoms with E-state index in [1.165, 1.54) is 0 Å². The number of fused-ring (bicyclic) bond motifs is 1. The fraction of sp³-hybridized carbons (Fsp3) is 0.320. The molecule has 186 valence electrons. The summed E-state index contributed by atoms with van der Waals surface area (Å²) in [5.41, 5.74) is 9.07. The van der Waals surface area contributed by atoms with Gasteiger partial charge in [0.05, 0.1) is 23.6 Å². The molecular weight excluding hydrogens is 458 g/mol. The first-order valence-electron chi connectivity index (χ1n) is 11.8. The molecule has 0 radical (unpaired) electrons. The lowest BCUT2D eigenvalue weighted by atomic mass is 10.1. The van der Waals surface area contributed by atoms with Crippen LogP contribution in [0.3, 0.4) is 0 Å². The molecule has 5 rings (SSSR count). The molecule has 4 N–H and O–H groups in total. The first kappa shape index (κ1) is 23.5. The minimum Gasteiger partial charge on any atom is -0.490 e. The maximum atomic E-state index is 12.4. The number of benzene rings is 1. The summed E-state index contributed by atoms with van der Waals surface area (Å²) in [6.07, 6.45) is 7.32. The van der Waals surface area contributed by atoms with Crippen LogP contribution in [-0.4, -0.2) is 68.6 Å². The lowest BCUT2D eigenvalue weighted by Crippen LogP contribution is -2.35. The maximum absolute atomic E-state index is 12.4. The molecule has 11 nitrogen and oxygen atoms in total. The zero-order valence-electron chi connectivity index (χ0n) is 20.5. The highest BCUT2D eigenvalue weighted by atomic mass is 16.5. The number of primary amides is 1. The topological polar surface area (TPSA) is 136 Å². The van der Waals surface area contributed by atoms with Gasteiger partial charge in [0.2, 0.25) is 0 Å². The molecule has 1 aromatic carbocycles. The van der Waals surface area contributed by atoms with Crippen LogP contribution in [0.1, 0.15) is 23.3 Å². The van der Waals surface area contributed by atoms with Gasteiger partial charge in [-0.05, 0) is 44.2 Å². The van der Waals surface area contributed by atoms with E-state index in [4.69, 9.17) is 10.5 Å². The number of nitrogens with two attached hydrogens (primary N) is 1. The van der Waals surface area contributed by atoms with Crippen LogP contribution in [0.5, 0.6) is 5.75 Å². The molecule has 3 aromatic heterocycles. The third-order valence-electron chi connectivity index (χ3n) is 6.34. The second-order valence-electron chi connectivity index (χ2n) is 8.91. The van der Waals surface area contributed by atoms with Crippen molar-refractivity contribution in [2.45, 2.75) is 18.9 Å². The number of imidazole rings is 1. The van der Waals surface area contributed by atoms with Gasteiger partial charge in [0.15, 0.2) is 17.3 Å². The minimum absolute atomic E-state index is 0.0172. The summed E-state index contributed by atoms with van der Waals surface area (Å²) in [4.78, 5) is 32.7. The number of carbonyl (C=O) groups excluding carboxylic acids is 1. The van der Waals surface area contributed by atoms with E-state index in [9.17, 15) is 4.79 Å². The smallest absolute Gasteiger partial charge is 0.271 e. The zero-order valence-corrected chi connectivity index (χ0v) is 20.5. The number of likely N-dealkylation sites (tertiary alicyclic amines) is 1. The van der Waals surface area contributed by atoms with Crippen LogP contribution in [0, 0.1) is 0 Å². The van der Waals surface area contributed by atoms with Crippen molar-refractivity contribution < 1.29 is 9.53 Å². The number of aryl methyl sites for hydroxylation is 1. The van der Waals surface area contributed by atoms with Crippen molar-refractivity contribution in [1.82, 2.24) is 29.4 Å². The summed E-state index contributed by atoms with van der Waals surface area (Å²) in [5.74, 6) is 0.821. The van der Waals surface area contributed by atoms with Crippen molar-refractivity contribution in [3.05, 3.63) is 48.7 Å². The summed E-state index contributed by atoms with van der Waals surface area (Å²) in [6.45, 7) is 2.07. The summed E-state index contributed by atoms with van der Waals surface area (Å²) in [7, 11) is 5.75. The second-order valence-corrected chi connectivity index (χ2v) is 8.91. The first-order valence-corrected chi connectivity index (χ1v) is 11.8. The molecule has 36 heavy (non-hydrogen) atoms. The van der Waals surface area contributed by atoms with E-state index in [-0.39, 0.29) is 17.6 Å². The number of carbonyl (C=O) groups is 1. The average molecular weight is 488 g/mol. The summed E-state index contributed by atoms with van der Waals surface area (Å²) < 4.78 is 7.99. The van der Waals surface area contributed by atoms with Crippen LogP contribution < -0.4 is 21.1 Å². The number of rotatable bonds is 7. The van der Waals surface area contributed by atoms with Crippen molar-refractivity contribution in [2.75, 3.05) is 37.8 Å². The lowest BCUT2D eigenvalue weighted by molar-refractivity contribution is 0.0996. The van der Waals surface area contributed by atoms with E-state index < -0.39 is 5.91 Å². The molecule has 0 saturated carbocycles. The molecule has 0 atom stereocenters. The Kier molecular flexibility index (Phi) is 6.38. The van der Waals surface area contributed by atoms with E-state index >= 15 is 0 Å². The maximum Gasteiger partial charge on any atom is 0.271 e. The van der Waals surface area contributed by atoms with E-state index in [2.05, 4.69) is 42.5 Å². The monoisotopic (exact) mass is 487 g/mol. The Labute approximate surface area is 208 Å². The number of piperidine rings is 1. The number of pyridine rings is 1. The number of aromatic nitrogens is 5. The molecule has 4 heterocycles. The van der Waals surface area contributed by atoms with E-state index in [1.807, 2.05) is 35.9 Å². The molecule has 1 fully saturated rings. The van der Waals surface area contributed by atoms with E-state index in [0.29, 0.717) is 22.6 Å². The molecule has 1 aliphatic rings. The van der Waals surface area contributed by atoms with Gasteiger partial charge in [0.1, 0.15) is 23.1 Å². The Morgan fingerprint density at radius 2 is 1.83 bits per heavy atom. The predicted octanol–water partition coefficient (Wildman–Crippen LogP) is 2.78. The molecule has 1 aliphatic heterocycles. The quantitative estimate of drug-likeness (QED) is 0.359. The van der Waals surface area contributed by atoms with Gasteiger partial charge in [0.25, 0.3) is 5.91 Å². The second kappa shape index (κ2) is 9.78. The molecule has 0 unspecified atom stereocenters. The number of hydrogen-bond donors (Lipinski definition) is 3. The third-order valence-corrected chi connectivity index (χ3v) is 6.34. The summed E-state index contributed by atoms with van der Waals surface area (Å²) in [6, 6.07) is 7.56. The Hall–Kier alpha value is -4.25. The SMILES string of the molecule is CNc1nc(Nc2ccc(OC3CCN(C)CC3)cc2)c(C(N)=O)nc1-c1cncc2c1ncn2C. The molecule has 0 bridgehead atoms. The highest BCUT2D eigenvalue weighted by Crippen LogP contribution is 2.32. The Morgan fingerprint density at radius 3 is 2.53 bits per heavy atom. The molecule has 0 aliphatic carbocycles. The fourth-order valence-electron chi connectivity index (χ4n) is 4.32. The highest BCUT2D eigenvalue weighted by molar-refractivity contribution is 5.99. The number of ether oxygens (including phenoxy) is 1. The van der Waals surface area contributed by atoms with Gasteiger partial charge in [-0.3, -0.25) is 9.78 Å². The highest BCUT2D eigenvalue weighted by Gasteiger charge is 2.22. The Morgan fingerprint density at radius 1 is 1.08 bits per heavy atom. The molecule has 4 aromatic rings. The number of amides is 1. The summed E-state index contributed by atoms with van der Waals surface area (Å²) in [5, 5.41) is 6.24. The first-order chi connectivity index (χ1) is 17.4. The third kappa shape index (κ3) is 4.65. The largest absolute Gasteiger partial charge is 0.490 e. The number of nitrogens with zero attached hydrogens (tertiary/aromatic N) is 6. The molecule has 0 spiro atoms. The number of nitrogens with one attached hydrogen (secondary N) is 2. The summed E-state index contributed by atoms with van der Waals surface area (Å²) >= 11 is 0. The van der Waals surface area contributed by atoms with Crippen LogP contribution in [0.25, 0.3) is 22.3 Å². The van der Waals surface area contributed by atoms with Gasteiger partial charge in [-0.25, -0.2) is 15.0 Å². The van der Waals surface area contributed by atoms with Crippen LogP contribution in [-0.2, 0) is 7.05 Å². The van der Waals surface area contributed by atoms with Crippen LogP contribution in [0.15, 0.2) is 43.0 Å². The van der Waals surface area contributed by atoms with Gasteiger partial charge in [0, 0.05) is 39.1 Å². The number of anilines is 3. The normalized spacial score (nSPS) is 14.6. The van der Waals surface area contributed by atoms with Crippen molar-refractivity contribution in [2.24, 2.45) is 12.8 Å². The van der Waals surface area contributed by atoms with E-state index in [0.717, 1.165) is 42.9 Å². The van der Waals surface area contributed by atoms with Crippen molar-refractivity contribution in [3.63, 3.8) is 0 Å². The van der Waals surface area contributed by atoms with Crippen LogP contribution in [0.2, 0.25) is 0 Å².